The molecular weight excluding hydrogens is 222 g/mol. The lowest BCUT2D eigenvalue weighted by Crippen LogP contribution is -2.46. The molecule has 1 saturated heterocycles. The fraction of sp³-hybridized carbons (Fsp3) is 0.500. The first-order valence-corrected chi connectivity index (χ1v) is 6.89. The second-order valence-corrected chi connectivity index (χ2v) is 5.06. The number of aryl methyl sites for hydroxylation is 1. The summed E-state index contributed by atoms with van der Waals surface area (Å²) >= 11 is 0. The molecule has 0 aliphatic carbocycles. The number of rotatable bonds is 4. The Morgan fingerprint density at radius 3 is 2.72 bits per heavy atom. The molecule has 1 aliphatic rings. The lowest BCUT2D eigenvalue weighted by molar-refractivity contribution is 0.0637. The molecular formula is C16H23NO. The molecule has 2 heteroatoms. The molecule has 18 heavy (non-hydrogen) atoms. The molecule has 0 aromatic heterocycles. The average molecular weight is 245 g/mol. The van der Waals surface area contributed by atoms with E-state index in [-0.39, 0.29) is 0 Å². The van der Waals surface area contributed by atoms with Crippen molar-refractivity contribution in [3.8, 4) is 0 Å². The summed E-state index contributed by atoms with van der Waals surface area (Å²) in [6.07, 6.45) is 6.75. The van der Waals surface area contributed by atoms with Gasteiger partial charge in [0, 0.05) is 12.1 Å². The zero-order chi connectivity index (χ0) is 12.8. The average Bonchev–Trinajstić information content (AvgIpc) is 2.38. The van der Waals surface area contributed by atoms with Crippen molar-refractivity contribution in [2.45, 2.75) is 38.8 Å². The molecule has 98 valence electrons. The third-order valence-electron chi connectivity index (χ3n) is 3.20. The fourth-order valence-corrected chi connectivity index (χ4v) is 2.26. The third-order valence-corrected chi connectivity index (χ3v) is 3.20. The van der Waals surface area contributed by atoms with Gasteiger partial charge in [-0.1, -0.05) is 49.8 Å². The van der Waals surface area contributed by atoms with Crippen molar-refractivity contribution in [2.75, 3.05) is 13.2 Å². The summed E-state index contributed by atoms with van der Waals surface area (Å²) in [5.74, 6) is 0. The molecule has 0 spiro atoms. The molecule has 0 amide bonds. The van der Waals surface area contributed by atoms with Gasteiger partial charge in [-0.05, 0) is 24.5 Å². The van der Waals surface area contributed by atoms with E-state index >= 15 is 0 Å². The number of nitrogens with one attached hydrogen (secondary N) is 1. The van der Waals surface area contributed by atoms with Crippen LogP contribution in [0.15, 0.2) is 30.3 Å². The molecule has 1 N–H and O–H groups in total. The lowest BCUT2D eigenvalue weighted by atomic mass is 10.1. The Hall–Kier alpha value is -1.12. The minimum atomic E-state index is 0.337. The minimum Gasteiger partial charge on any atom is -0.378 e. The van der Waals surface area contributed by atoms with Gasteiger partial charge >= 0.3 is 0 Å². The maximum Gasteiger partial charge on any atom is 0.0656 e. The van der Waals surface area contributed by atoms with Gasteiger partial charge < -0.3 is 10.1 Å². The summed E-state index contributed by atoms with van der Waals surface area (Å²) in [6, 6.07) is 9.60. The molecule has 2 unspecified atom stereocenters. The first-order valence-electron chi connectivity index (χ1n) is 6.89. The predicted octanol–water partition coefficient (Wildman–Crippen LogP) is 3.03. The van der Waals surface area contributed by atoms with Gasteiger partial charge in [0.2, 0.25) is 0 Å². The van der Waals surface area contributed by atoms with Crippen molar-refractivity contribution in [1.29, 1.82) is 0 Å². The zero-order valence-electron chi connectivity index (χ0n) is 11.4. The summed E-state index contributed by atoms with van der Waals surface area (Å²) < 4.78 is 5.52. The number of hydrogen-bond donors (Lipinski definition) is 1. The third kappa shape index (κ3) is 3.97. The van der Waals surface area contributed by atoms with Crippen LogP contribution in [0.1, 0.15) is 31.4 Å². The van der Waals surface area contributed by atoms with E-state index in [9.17, 15) is 0 Å². The van der Waals surface area contributed by atoms with Crippen molar-refractivity contribution >= 4 is 6.08 Å². The smallest absolute Gasteiger partial charge is 0.0656 e. The quantitative estimate of drug-likeness (QED) is 0.880. The molecule has 0 bridgehead atoms. The topological polar surface area (TPSA) is 21.3 Å². The van der Waals surface area contributed by atoms with E-state index in [1.165, 1.54) is 24.0 Å². The van der Waals surface area contributed by atoms with E-state index in [1.54, 1.807) is 0 Å². The van der Waals surface area contributed by atoms with Crippen LogP contribution in [0.3, 0.4) is 0 Å². The standard InChI is InChI=1S/C16H23NO/c1-3-4-14-5-7-15(8-6-14)9-10-16-12-18-11-13(2)17-16/h5-10,13,16-17H,3-4,11-12H2,1-2H3/b10-9+. The van der Waals surface area contributed by atoms with Crippen LogP contribution >= 0.6 is 0 Å². The fourth-order valence-electron chi connectivity index (χ4n) is 2.26. The minimum absolute atomic E-state index is 0.337. The van der Waals surface area contributed by atoms with Gasteiger partial charge in [0.15, 0.2) is 0 Å². The Morgan fingerprint density at radius 1 is 1.28 bits per heavy atom. The van der Waals surface area contributed by atoms with Crippen molar-refractivity contribution < 1.29 is 4.74 Å². The van der Waals surface area contributed by atoms with Crippen LogP contribution in [0.25, 0.3) is 6.08 Å². The Bertz CT molecular complexity index is 383. The zero-order valence-corrected chi connectivity index (χ0v) is 11.4. The molecule has 2 nitrogen and oxygen atoms in total. The normalized spacial score (nSPS) is 24.6. The van der Waals surface area contributed by atoms with Crippen molar-refractivity contribution in [1.82, 2.24) is 5.32 Å². The number of benzene rings is 1. The number of hydrogen-bond acceptors (Lipinski definition) is 2. The highest BCUT2D eigenvalue weighted by Gasteiger charge is 2.15. The Labute approximate surface area is 110 Å². The SMILES string of the molecule is CCCc1ccc(/C=C/C2COCC(C)N2)cc1. The summed E-state index contributed by atoms with van der Waals surface area (Å²) in [6.45, 7) is 5.95. The van der Waals surface area contributed by atoms with Gasteiger partial charge in [-0.25, -0.2) is 0 Å². The maximum atomic E-state index is 5.52. The largest absolute Gasteiger partial charge is 0.378 e. The first kappa shape index (κ1) is 13.3. The monoisotopic (exact) mass is 245 g/mol. The molecule has 2 rings (SSSR count). The van der Waals surface area contributed by atoms with Crippen molar-refractivity contribution in [3.05, 3.63) is 41.5 Å². The van der Waals surface area contributed by atoms with E-state index in [2.05, 4.69) is 55.6 Å². The molecule has 1 aromatic carbocycles. The van der Waals surface area contributed by atoms with Gasteiger partial charge in [-0.2, -0.15) is 0 Å². The second kappa shape index (κ2) is 6.72. The van der Waals surface area contributed by atoms with Crippen molar-refractivity contribution in [3.63, 3.8) is 0 Å². The van der Waals surface area contributed by atoms with E-state index in [4.69, 9.17) is 4.74 Å². The van der Waals surface area contributed by atoms with Gasteiger partial charge in [0.25, 0.3) is 0 Å². The van der Waals surface area contributed by atoms with Crippen LogP contribution in [0.4, 0.5) is 0 Å². The highest BCUT2D eigenvalue weighted by Crippen LogP contribution is 2.09. The molecule has 2 atom stereocenters. The summed E-state index contributed by atoms with van der Waals surface area (Å²) in [5.41, 5.74) is 2.68. The van der Waals surface area contributed by atoms with Crippen LogP contribution in [-0.2, 0) is 11.2 Å². The van der Waals surface area contributed by atoms with Crippen LogP contribution < -0.4 is 5.32 Å². The molecule has 1 aliphatic heterocycles. The van der Waals surface area contributed by atoms with E-state index in [0.29, 0.717) is 12.1 Å². The van der Waals surface area contributed by atoms with Gasteiger partial charge in [0.1, 0.15) is 0 Å². The molecule has 1 aromatic rings. The van der Waals surface area contributed by atoms with E-state index in [1.807, 2.05) is 0 Å². The first-order chi connectivity index (χ1) is 8.78. The van der Waals surface area contributed by atoms with Crippen LogP contribution in [0.5, 0.6) is 0 Å². The van der Waals surface area contributed by atoms with E-state index < -0.39 is 0 Å². The molecule has 0 radical (unpaired) electrons. The van der Waals surface area contributed by atoms with Crippen LogP contribution in [-0.4, -0.2) is 25.3 Å². The Balaban J connectivity index is 1.91. The predicted molar refractivity (Wildman–Crippen MR) is 76.7 cm³/mol. The Morgan fingerprint density at radius 2 is 2.06 bits per heavy atom. The summed E-state index contributed by atoms with van der Waals surface area (Å²) in [4.78, 5) is 0. The van der Waals surface area contributed by atoms with Crippen LogP contribution in [0.2, 0.25) is 0 Å². The van der Waals surface area contributed by atoms with Gasteiger partial charge in [-0.3, -0.25) is 0 Å². The second-order valence-electron chi connectivity index (χ2n) is 5.06. The summed E-state index contributed by atoms with van der Waals surface area (Å²) in [7, 11) is 0. The highest BCUT2D eigenvalue weighted by molar-refractivity contribution is 5.50. The highest BCUT2D eigenvalue weighted by atomic mass is 16.5. The van der Waals surface area contributed by atoms with E-state index in [0.717, 1.165) is 13.2 Å². The van der Waals surface area contributed by atoms with Gasteiger partial charge in [-0.15, -0.1) is 0 Å². The number of morpholine rings is 1. The summed E-state index contributed by atoms with van der Waals surface area (Å²) in [5, 5.41) is 3.51. The molecule has 1 heterocycles. The van der Waals surface area contributed by atoms with Crippen LogP contribution in [0, 0.1) is 0 Å². The number of ether oxygens (including phenoxy) is 1. The lowest BCUT2D eigenvalue weighted by Gasteiger charge is -2.26. The van der Waals surface area contributed by atoms with Crippen molar-refractivity contribution in [2.24, 2.45) is 0 Å². The van der Waals surface area contributed by atoms with Gasteiger partial charge in [0.05, 0.1) is 13.2 Å². The molecule has 1 fully saturated rings. The Kier molecular flexibility index (Phi) is 4.97. The maximum absolute atomic E-state index is 5.52. The molecule has 0 saturated carbocycles.